The van der Waals surface area contributed by atoms with Gasteiger partial charge in [-0.15, -0.1) is 0 Å². The Morgan fingerprint density at radius 1 is 1.44 bits per heavy atom. The number of hydrogen-bond donors (Lipinski definition) is 0. The second-order valence-corrected chi connectivity index (χ2v) is 1.70. The molecule has 0 aliphatic heterocycles. The standard InChI is InChI=1S/C7H14N2/c1-4-9(5-2)7-6-8-3/h6-7H,3-5H2,1-2H3/b7-6-. The maximum Gasteiger partial charge on any atom is 0.0419 e. The minimum absolute atomic E-state index is 1.03. The average Bonchev–Trinajstić information content (AvgIpc) is 1.91. The molecule has 0 aromatic rings. The second-order valence-electron chi connectivity index (χ2n) is 1.70. The fourth-order valence-corrected chi connectivity index (χ4v) is 0.576. The van der Waals surface area contributed by atoms with Crippen molar-refractivity contribution in [1.82, 2.24) is 4.90 Å². The normalized spacial score (nSPS) is 10.0. The summed E-state index contributed by atoms with van der Waals surface area (Å²) < 4.78 is 0. The van der Waals surface area contributed by atoms with Crippen LogP contribution in [0.4, 0.5) is 0 Å². The van der Waals surface area contributed by atoms with Crippen LogP contribution in [0.25, 0.3) is 0 Å². The van der Waals surface area contributed by atoms with E-state index in [2.05, 4.69) is 30.5 Å². The van der Waals surface area contributed by atoms with Crippen molar-refractivity contribution in [3.05, 3.63) is 12.4 Å². The number of hydrogen-bond acceptors (Lipinski definition) is 2. The SMILES string of the molecule is C=N/C=C\N(CC)CC. The van der Waals surface area contributed by atoms with Crippen LogP contribution in [0.2, 0.25) is 0 Å². The maximum atomic E-state index is 3.60. The minimum atomic E-state index is 1.03. The van der Waals surface area contributed by atoms with Crippen LogP contribution in [0.15, 0.2) is 17.4 Å². The lowest BCUT2D eigenvalue weighted by atomic mass is 10.5. The molecule has 0 bridgehead atoms. The summed E-state index contributed by atoms with van der Waals surface area (Å²) in [6.07, 6.45) is 3.64. The van der Waals surface area contributed by atoms with Gasteiger partial charge in [-0.1, -0.05) is 0 Å². The van der Waals surface area contributed by atoms with Crippen molar-refractivity contribution < 1.29 is 0 Å². The van der Waals surface area contributed by atoms with Gasteiger partial charge in [0.1, 0.15) is 0 Å². The Balaban J connectivity index is 3.53. The second kappa shape index (κ2) is 5.35. The number of rotatable bonds is 4. The van der Waals surface area contributed by atoms with E-state index in [0.29, 0.717) is 0 Å². The van der Waals surface area contributed by atoms with Crippen LogP contribution in [-0.4, -0.2) is 24.7 Å². The Kier molecular flexibility index (Phi) is 4.88. The molecule has 0 fully saturated rings. The molecule has 0 aromatic carbocycles. The molecule has 0 aliphatic rings. The van der Waals surface area contributed by atoms with Gasteiger partial charge in [0, 0.05) is 25.5 Å². The highest BCUT2D eigenvalue weighted by molar-refractivity contribution is 5.25. The van der Waals surface area contributed by atoms with Gasteiger partial charge in [-0.05, 0) is 20.6 Å². The Labute approximate surface area is 56.9 Å². The minimum Gasteiger partial charge on any atom is -0.377 e. The zero-order valence-electron chi connectivity index (χ0n) is 6.17. The Bertz CT molecular complexity index is 93.1. The molecule has 0 aromatic heterocycles. The highest BCUT2D eigenvalue weighted by Gasteiger charge is 1.85. The van der Waals surface area contributed by atoms with Crippen molar-refractivity contribution in [2.24, 2.45) is 4.99 Å². The fourth-order valence-electron chi connectivity index (χ4n) is 0.576. The van der Waals surface area contributed by atoms with Crippen LogP contribution in [0.5, 0.6) is 0 Å². The summed E-state index contributed by atoms with van der Waals surface area (Å²) in [6.45, 7) is 9.61. The highest BCUT2D eigenvalue weighted by atomic mass is 15.1. The smallest absolute Gasteiger partial charge is 0.0419 e. The molecule has 52 valence electrons. The molecule has 0 radical (unpaired) electrons. The van der Waals surface area contributed by atoms with Crippen LogP contribution in [0.3, 0.4) is 0 Å². The predicted octanol–water partition coefficient (Wildman–Crippen LogP) is 1.50. The Morgan fingerprint density at radius 2 is 2.00 bits per heavy atom. The van der Waals surface area contributed by atoms with Crippen molar-refractivity contribution in [3.8, 4) is 0 Å². The third kappa shape index (κ3) is 3.76. The van der Waals surface area contributed by atoms with Crippen LogP contribution >= 0.6 is 0 Å². The van der Waals surface area contributed by atoms with Gasteiger partial charge in [0.2, 0.25) is 0 Å². The highest BCUT2D eigenvalue weighted by Crippen LogP contribution is 1.86. The molecule has 0 aliphatic carbocycles. The molecule has 0 atom stereocenters. The van der Waals surface area contributed by atoms with Crippen LogP contribution in [0, 0.1) is 0 Å². The lowest BCUT2D eigenvalue weighted by Crippen LogP contribution is -2.14. The molecule has 0 N–H and O–H groups in total. The Morgan fingerprint density at radius 3 is 2.33 bits per heavy atom. The molecule has 0 saturated heterocycles. The average molecular weight is 126 g/mol. The lowest BCUT2D eigenvalue weighted by molar-refractivity contribution is 0.418. The molecule has 0 rings (SSSR count). The maximum absolute atomic E-state index is 3.60. The molecular weight excluding hydrogens is 112 g/mol. The van der Waals surface area contributed by atoms with E-state index < -0.39 is 0 Å². The van der Waals surface area contributed by atoms with Crippen molar-refractivity contribution in [3.63, 3.8) is 0 Å². The molecule has 2 heteroatoms. The summed E-state index contributed by atoms with van der Waals surface area (Å²) in [5, 5.41) is 0. The molecule has 2 nitrogen and oxygen atoms in total. The zero-order chi connectivity index (χ0) is 7.11. The topological polar surface area (TPSA) is 15.6 Å². The lowest BCUT2D eigenvalue weighted by Gasteiger charge is -2.13. The zero-order valence-corrected chi connectivity index (χ0v) is 6.17. The number of aliphatic imine (C=N–C) groups is 1. The van der Waals surface area contributed by atoms with Crippen molar-refractivity contribution in [1.29, 1.82) is 0 Å². The first-order chi connectivity index (χ1) is 4.35. The van der Waals surface area contributed by atoms with E-state index in [1.54, 1.807) is 6.20 Å². The first-order valence-corrected chi connectivity index (χ1v) is 3.21. The van der Waals surface area contributed by atoms with E-state index in [9.17, 15) is 0 Å². The summed E-state index contributed by atoms with van der Waals surface area (Å²) in [7, 11) is 0. The largest absolute Gasteiger partial charge is 0.377 e. The molecule has 0 amide bonds. The quantitative estimate of drug-likeness (QED) is 0.521. The fraction of sp³-hybridized carbons (Fsp3) is 0.571. The summed E-state index contributed by atoms with van der Waals surface area (Å²) in [5.74, 6) is 0. The van der Waals surface area contributed by atoms with E-state index in [4.69, 9.17) is 0 Å². The van der Waals surface area contributed by atoms with Gasteiger partial charge >= 0.3 is 0 Å². The van der Waals surface area contributed by atoms with Gasteiger partial charge in [-0.2, -0.15) is 0 Å². The third-order valence-electron chi connectivity index (χ3n) is 1.20. The molecule has 0 heterocycles. The van der Waals surface area contributed by atoms with Gasteiger partial charge in [0.25, 0.3) is 0 Å². The molecular formula is C7H14N2. The van der Waals surface area contributed by atoms with Gasteiger partial charge in [0.05, 0.1) is 0 Å². The van der Waals surface area contributed by atoms with E-state index >= 15 is 0 Å². The summed E-state index contributed by atoms with van der Waals surface area (Å²) in [5.41, 5.74) is 0. The van der Waals surface area contributed by atoms with Crippen molar-refractivity contribution >= 4 is 6.72 Å². The van der Waals surface area contributed by atoms with Gasteiger partial charge in [0.15, 0.2) is 0 Å². The van der Waals surface area contributed by atoms with Crippen molar-refractivity contribution in [2.45, 2.75) is 13.8 Å². The van der Waals surface area contributed by atoms with Gasteiger partial charge < -0.3 is 4.90 Å². The summed E-state index contributed by atoms with van der Waals surface area (Å²) in [6, 6.07) is 0. The first-order valence-electron chi connectivity index (χ1n) is 3.21. The molecule has 0 saturated carbocycles. The predicted molar refractivity (Wildman–Crippen MR) is 41.6 cm³/mol. The summed E-state index contributed by atoms with van der Waals surface area (Å²) >= 11 is 0. The number of nitrogens with zero attached hydrogens (tertiary/aromatic N) is 2. The van der Waals surface area contributed by atoms with E-state index in [0.717, 1.165) is 13.1 Å². The van der Waals surface area contributed by atoms with E-state index in [1.807, 2.05) is 6.20 Å². The van der Waals surface area contributed by atoms with Crippen LogP contribution < -0.4 is 0 Å². The van der Waals surface area contributed by atoms with Gasteiger partial charge in [-0.3, -0.25) is 4.99 Å². The van der Waals surface area contributed by atoms with Gasteiger partial charge in [-0.25, -0.2) is 0 Å². The van der Waals surface area contributed by atoms with Crippen LogP contribution in [0.1, 0.15) is 13.8 Å². The third-order valence-corrected chi connectivity index (χ3v) is 1.20. The van der Waals surface area contributed by atoms with E-state index in [1.165, 1.54) is 0 Å². The molecule has 0 spiro atoms. The monoisotopic (exact) mass is 126 g/mol. The van der Waals surface area contributed by atoms with E-state index in [-0.39, 0.29) is 0 Å². The van der Waals surface area contributed by atoms with Crippen molar-refractivity contribution in [2.75, 3.05) is 13.1 Å². The summed E-state index contributed by atoms with van der Waals surface area (Å²) in [4.78, 5) is 5.75. The van der Waals surface area contributed by atoms with Crippen LogP contribution in [-0.2, 0) is 0 Å². The first kappa shape index (κ1) is 8.21. The Hall–Kier alpha value is -0.790. The molecule has 9 heavy (non-hydrogen) atoms. The molecule has 0 unspecified atom stereocenters.